The maximum Gasteiger partial charge on any atom is 0.356 e. The number of methoxy groups -OCH3 is 8. The number of H-pyrrole nitrogens is 2. The maximum atomic E-state index is 12.7. The molecule has 13 aromatic rings. The minimum atomic E-state index is -0.720. The van der Waals surface area contributed by atoms with E-state index in [1.807, 2.05) is 84.9 Å². The zero-order valence-corrected chi connectivity index (χ0v) is 79.0. The third-order valence-corrected chi connectivity index (χ3v) is 21.0. The number of ether oxygens (including phenoxy) is 8. The van der Waals surface area contributed by atoms with Gasteiger partial charge in [-0.3, -0.25) is 39.1 Å². The van der Waals surface area contributed by atoms with E-state index in [2.05, 4.69) is 150 Å². The van der Waals surface area contributed by atoms with Crippen molar-refractivity contribution in [1.82, 2.24) is 34.9 Å². The zero-order chi connectivity index (χ0) is 96.9. The first-order valence-corrected chi connectivity index (χ1v) is 42.3. The summed E-state index contributed by atoms with van der Waals surface area (Å²) in [5, 5.41) is 12.6. The lowest BCUT2D eigenvalue weighted by molar-refractivity contribution is -0.139. The number of rotatable bonds is 16. The highest BCUT2D eigenvalue weighted by Gasteiger charge is 2.29. The summed E-state index contributed by atoms with van der Waals surface area (Å²) in [5.74, 6) is -4.94. The number of fused-ring (bicyclic) bond motifs is 5. The second-order valence-corrected chi connectivity index (χ2v) is 30.0. The van der Waals surface area contributed by atoms with Gasteiger partial charge in [-0.1, -0.05) is 103 Å². The molecule has 12 N–H and O–H groups in total. The van der Waals surface area contributed by atoms with E-state index in [1.165, 1.54) is 69.3 Å². The van der Waals surface area contributed by atoms with Gasteiger partial charge in [0, 0.05) is 106 Å². The van der Waals surface area contributed by atoms with E-state index in [0.29, 0.717) is 79.0 Å². The van der Waals surface area contributed by atoms with E-state index in [4.69, 9.17) is 31.4 Å². The highest BCUT2D eigenvalue weighted by atomic mass is 127. The van der Waals surface area contributed by atoms with Gasteiger partial charge in [0.15, 0.2) is 28.3 Å². The van der Waals surface area contributed by atoms with Gasteiger partial charge >= 0.3 is 47.8 Å². The Morgan fingerprint density at radius 2 is 0.820 bits per heavy atom. The molecule has 0 amide bonds. The first kappa shape index (κ1) is 104. The molecular weight excluding hydrogens is 2020 g/mol. The largest absolute Gasteiger partial charge is 0.465 e. The fraction of sp³-hybridized carbons (Fsp3) is 0.105. The number of esters is 8. The molecule has 133 heavy (non-hydrogen) atoms. The zero-order valence-electron chi connectivity index (χ0n) is 72.1. The molecule has 0 saturated carbocycles. The van der Waals surface area contributed by atoms with Crippen molar-refractivity contribution in [2.45, 2.75) is 12.8 Å². The first-order chi connectivity index (χ1) is 64.1. The van der Waals surface area contributed by atoms with Crippen molar-refractivity contribution in [3.8, 4) is 0 Å². The van der Waals surface area contributed by atoms with E-state index in [-0.39, 0.29) is 70.2 Å². The van der Waals surface area contributed by atoms with Crippen molar-refractivity contribution in [2.75, 3.05) is 95.3 Å². The van der Waals surface area contributed by atoms with Crippen molar-refractivity contribution in [3.63, 3.8) is 0 Å². The van der Waals surface area contributed by atoms with Crippen LogP contribution in [-0.4, -0.2) is 151 Å². The van der Waals surface area contributed by atoms with Crippen LogP contribution in [0.3, 0.4) is 0 Å². The number of nitrogens with one attached hydrogen (secondary N) is 6. The number of nitrogens with zero attached hydrogens (tertiary/aromatic N) is 5. The third-order valence-electron chi connectivity index (χ3n) is 17.6. The number of aromatic nitrogens is 7. The molecule has 0 saturated heterocycles. The topological polar surface area (TPSA) is 501 Å². The van der Waals surface area contributed by atoms with E-state index >= 15 is 0 Å². The van der Waals surface area contributed by atoms with E-state index in [1.54, 1.807) is 183 Å². The Kier molecular flexibility index (Phi) is 42.9. The van der Waals surface area contributed by atoms with Gasteiger partial charge in [-0.15, -0.1) is 0 Å². The Hall–Kier alpha value is -15.7. The summed E-state index contributed by atoms with van der Waals surface area (Å²) < 4.78 is 37.7. The standard InChI is InChI=1S/C17H17N3O4.C16H13N3O3.C16H10N2O2.C12H12BrNO4.C10H7IO.C7H8N2O2.C6H6Br2O4.C6H7N.C5H6N2/c1-23-16(21)14(19-12-7-4-3-5-8-12)15(17(22)24-2)20-13-9-6-10-18-11-13;1-22-16(21)14-13(18-10-5-4-8-17-9-10)15(20)11-6-2-3-7-12(11)19-14;19-15-11-3-1-2-4-13(11)18-14-12(15)7-9-8-17-6-5-10(9)16(14)20;1-17-11(15)9(13)10(12(16)18-2)14-8-6-4-3-5-7-8;11-8-5-7-3-1-2-4-9(7)10(12)6-8;1-11-7(10)5-3-2-4-9-6(5)8;1-11-5(9)3(7)4(8)6(10)12-2;7-6-4-2-1-3-5-6;6-5-2-1-3-7-4-5/h3-11,19-20H,1-2H3;2-9,18H,1H3,(H,19,20);1-6,8H,7H2,(H,18,19);3-7,14H,1-2H3;1-4,6H,5H2;2-4H,1H3,(H2,8,9);1-2H3;1-5H,7H2;1-4H,6H2/b15-14+;;;10-9+;;;4-3+;;. The Morgan fingerprint density at radius 3 is 1.31 bits per heavy atom. The molecule has 0 unspecified atom stereocenters. The first-order valence-electron chi connectivity index (χ1n) is 38.8. The predicted octanol–water partition coefficient (Wildman–Crippen LogP) is 15.2. The molecule has 7 aromatic heterocycles. The van der Waals surface area contributed by atoms with Crippen LogP contribution in [0.25, 0.3) is 21.8 Å². The van der Waals surface area contributed by atoms with Crippen LogP contribution in [0, 0.1) is 0 Å². The van der Waals surface area contributed by atoms with Crippen LogP contribution in [0.1, 0.15) is 63.9 Å². The van der Waals surface area contributed by atoms with Gasteiger partial charge in [-0.05, 0) is 206 Å². The van der Waals surface area contributed by atoms with Gasteiger partial charge in [-0.2, -0.15) is 0 Å². The van der Waals surface area contributed by atoms with E-state index < -0.39 is 47.8 Å². The fourth-order valence-electron chi connectivity index (χ4n) is 11.2. The molecule has 0 spiro atoms. The number of hydrogen-bond acceptors (Lipinski definition) is 32. The average molecular weight is 2110 g/mol. The van der Waals surface area contributed by atoms with Crippen molar-refractivity contribution < 1.29 is 85.8 Å². The van der Waals surface area contributed by atoms with Crippen molar-refractivity contribution in [1.29, 1.82) is 0 Å². The molecule has 2 aliphatic rings. The summed E-state index contributed by atoms with van der Waals surface area (Å²) in [6.07, 6.45) is 17.4. The smallest absolute Gasteiger partial charge is 0.356 e. The van der Waals surface area contributed by atoms with Gasteiger partial charge in [0.1, 0.15) is 36.2 Å². The lowest BCUT2D eigenvalue weighted by Crippen LogP contribution is -2.24. The molecule has 2 aliphatic carbocycles. The molecule has 0 fully saturated rings. The number of anilines is 8. The van der Waals surface area contributed by atoms with Crippen LogP contribution >= 0.6 is 70.4 Å². The minimum absolute atomic E-state index is 0.00292. The second-order valence-electron chi connectivity index (χ2n) is 26.3. The van der Waals surface area contributed by atoms with Crippen molar-refractivity contribution in [3.05, 3.63) is 380 Å². The summed E-state index contributed by atoms with van der Waals surface area (Å²) in [4.78, 5) is 166. The van der Waals surface area contributed by atoms with Gasteiger partial charge in [0.05, 0.1) is 97.5 Å². The van der Waals surface area contributed by atoms with Crippen LogP contribution in [0.15, 0.2) is 324 Å². The number of carbonyl (C=O) groups excluding carboxylic acids is 10. The molecule has 38 heteroatoms. The molecule has 684 valence electrons. The number of para-hydroxylation sites is 5. The van der Waals surface area contributed by atoms with Crippen LogP contribution < -0.4 is 49.3 Å². The lowest BCUT2D eigenvalue weighted by atomic mass is 9.88. The Morgan fingerprint density at radius 1 is 0.383 bits per heavy atom. The van der Waals surface area contributed by atoms with Crippen LogP contribution in [0.5, 0.6) is 0 Å². The number of nitrogen functional groups attached to an aromatic ring is 3. The Labute approximate surface area is 799 Å². The number of benzene rings is 6. The van der Waals surface area contributed by atoms with Gasteiger partial charge < -0.3 is 86.3 Å². The van der Waals surface area contributed by atoms with Crippen LogP contribution in [-0.2, 0) is 79.5 Å². The molecule has 15 rings (SSSR count). The summed E-state index contributed by atoms with van der Waals surface area (Å²) in [6, 6.07) is 64.7. The number of pyridine rings is 7. The normalized spacial score (nSPS) is 11.3. The number of aromatic amines is 2. The highest BCUT2D eigenvalue weighted by molar-refractivity contribution is 14.1. The van der Waals surface area contributed by atoms with Gasteiger partial charge in [0.25, 0.3) is 0 Å². The number of ketones is 2. The second kappa shape index (κ2) is 54.6. The Balaban J connectivity index is 0.000000209. The number of halogens is 4. The number of allylic oxidation sites excluding steroid dienone is 2. The quantitative estimate of drug-likeness (QED) is 0.0143. The minimum Gasteiger partial charge on any atom is -0.465 e. The predicted molar refractivity (Wildman–Crippen MR) is 522 cm³/mol. The molecule has 0 aliphatic heterocycles. The van der Waals surface area contributed by atoms with Gasteiger partial charge in [-0.25, -0.2) is 43.3 Å². The SMILES string of the molecule is COC(=O)/C(Br)=C(\Br)C(=O)OC.COC(=O)/C(Br)=C(\Nc1ccccc1)C(=O)OC.COC(=O)/C(Nc1ccccc1)=C(\Nc1cccnc1)C(=O)OC.COC(=O)c1[nH]c2ccccc2c(=O)c1Nc1cccnc1.COC(=O)c1cccnc1N.Nc1ccccc1.Nc1cccnc1.O=C1C=C(I)Cc2ccccc21.O=C1c2ccncc2Cc2c1[nH]c1ccccc1c2=O. The third kappa shape index (κ3) is 31.6. The summed E-state index contributed by atoms with van der Waals surface area (Å²) in [5.41, 5.74) is 25.6. The Bertz CT molecular complexity index is 6380. The van der Waals surface area contributed by atoms with E-state index in [0.717, 1.165) is 32.4 Å². The van der Waals surface area contributed by atoms with Crippen LogP contribution in [0.4, 0.5) is 45.6 Å². The molecule has 6 aromatic carbocycles. The fourth-order valence-corrected chi connectivity index (χ4v) is 13.0. The van der Waals surface area contributed by atoms with Crippen molar-refractivity contribution in [2.24, 2.45) is 0 Å². The molecule has 7 heterocycles. The number of nitrogens with two attached hydrogens (primary N) is 3. The average Bonchev–Trinajstić information content (AvgIpc) is 0.754. The molecule has 0 radical (unpaired) electrons. The van der Waals surface area contributed by atoms with Gasteiger partial charge in [0.2, 0.25) is 11.2 Å². The van der Waals surface area contributed by atoms with E-state index in [9.17, 15) is 57.5 Å². The summed E-state index contributed by atoms with van der Waals surface area (Å²) >= 11 is 11.0. The molecular formula is C95H86Br3IN14O20. The number of carbonyl (C=O) groups is 10. The summed E-state index contributed by atoms with van der Waals surface area (Å²) in [7, 11) is 9.90. The molecule has 0 atom stereocenters. The molecule has 34 nitrogen and oxygen atoms in total. The monoisotopic (exact) mass is 2110 g/mol. The molecule has 0 bridgehead atoms. The lowest BCUT2D eigenvalue weighted by Gasteiger charge is -2.17. The maximum absolute atomic E-state index is 12.7. The summed E-state index contributed by atoms with van der Waals surface area (Å²) in [6.45, 7) is 0. The number of hydrogen-bond donors (Lipinski definition) is 9. The highest BCUT2D eigenvalue weighted by Crippen LogP contribution is 2.29. The van der Waals surface area contributed by atoms with Crippen molar-refractivity contribution >= 4 is 197 Å². The van der Waals surface area contributed by atoms with Crippen LogP contribution in [0.2, 0.25) is 0 Å².